The second-order valence-electron chi connectivity index (χ2n) is 12.4. The smallest absolute Gasteiger partial charge is 0.136 e. The molecule has 0 unspecified atom stereocenters. The Morgan fingerprint density at radius 1 is 0.347 bits per heavy atom. The van der Waals surface area contributed by atoms with E-state index in [1.54, 1.807) is 0 Å². The van der Waals surface area contributed by atoms with Gasteiger partial charge in [0.2, 0.25) is 0 Å². The van der Waals surface area contributed by atoms with Crippen molar-refractivity contribution in [3.8, 4) is 44.5 Å². The third-order valence-corrected chi connectivity index (χ3v) is 9.77. The Kier molecular flexibility index (Phi) is 5.20. The van der Waals surface area contributed by atoms with Crippen molar-refractivity contribution in [1.29, 1.82) is 0 Å². The number of rotatable bonds is 4. The van der Waals surface area contributed by atoms with Gasteiger partial charge >= 0.3 is 0 Å². The number of benzene rings is 9. The molecule has 0 aliphatic carbocycles. The van der Waals surface area contributed by atoms with Crippen molar-refractivity contribution in [3.63, 3.8) is 0 Å². The maximum absolute atomic E-state index is 8.92. The third kappa shape index (κ3) is 4.33. The van der Waals surface area contributed by atoms with Crippen molar-refractivity contribution in [2.45, 2.75) is 0 Å². The Labute approximate surface area is 291 Å². The van der Waals surface area contributed by atoms with Crippen LogP contribution in [-0.2, 0) is 0 Å². The summed E-state index contributed by atoms with van der Waals surface area (Å²) in [4.78, 5) is 0. The van der Waals surface area contributed by atoms with E-state index in [0.29, 0.717) is 5.56 Å². The molecule has 0 fully saturated rings. The van der Waals surface area contributed by atoms with Gasteiger partial charge in [0.1, 0.15) is 11.2 Å². The molecule has 10 aromatic rings. The van der Waals surface area contributed by atoms with Crippen molar-refractivity contribution < 1.29 is 11.3 Å². The molecule has 0 amide bonds. The zero-order chi connectivity index (χ0) is 36.7. The number of furan rings is 1. The summed E-state index contributed by atoms with van der Waals surface area (Å²) in [5, 5.41) is 7.83. The number of fused-ring (bicyclic) bond motifs is 6. The molecule has 1 heteroatoms. The van der Waals surface area contributed by atoms with Gasteiger partial charge in [0, 0.05) is 10.8 Å². The second-order valence-corrected chi connectivity index (χ2v) is 12.4. The fourth-order valence-corrected chi connectivity index (χ4v) is 7.69. The summed E-state index contributed by atoms with van der Waals surface area (Å²) in [6.07, 6.45) is 0. The van der Waals surface area contributed by atoms with Crippen LogP contribution in [0.1, 0.15) is 6.85 Å². The van der Waals surface area contributed by atoms with Gasteiger partial charge in [-0.05, 0) is 95.0 Å². The summed E-state index contributed by atoms with van der Waals surface area (Å²) >= 11 is 0. The summed E-state index contributed by atoms with van der Waals surface area (Å²) in [5.74, 6) is 0. The first kappa shape index (κ1) is 23.0. The van der Waals surface area contributed by atoms with Crippen molar-refractivity contribution >= 4 is 54.3 Å². The maximum atomic E-state index is 8.92. The fraction of sp³-hybridized carbons (Fsp3) is 0. The normalized spacial score (nSPS) is 13.1. The molecule has 0 bridgehead atoms. The highest BCUT2D eigenvalue weighted by Gasteiger charge is 2.20. The van der Waals surface area contributed by atoms with E-state index in [4.69, 9.17) is 11.3 Å². The molecule has 0 spiro atoms. The molecule has 0 saturated carbocycles. The van der Waals surface area contributed by atoms with E-state index in [1.807, 2.05) is 60.7 Å². The third-order valence-electron chi connectivity index (χ3n) is 9.77. The highest BCUT2D eigenvalue weighted by molar-refractivity contribution is 6.24. The summed E-state index contributed by atoms with van der Waals surface area (Å²) in [6.45, 7) is 0. The standard InChI is InChI=1S/C48H30O/c1-3-14-31(15-4-1)33-28-29-43-45(30-33)49-44-27-13-26-38(48(43)44)36-24-11-23-35-34(36)22-12-25-37(35)47-41-20-9-7-18-39(41)46(32-16-5-2-6-17-32)40-19-8-10-21-42(40)47/h1-30H/i2D,5D,6D,16D,17D. The zero-order valence-electron chi connectivity index (χ0n) is 31.3. The van der Waals surface area contributed by atoms with Gasteiger partial charge in [-0.3, -0.25) is 0 Å². The first-order chi connectivity index (χ1) is 26.4. The van der Waals surface area contributed by atoms with Crippen LogP contribution in [0.4, 0.5) is 0 Å². The SMILES string of the molecule is [2H]c1c([2H])c([2H])c(-c2c3ccccc3c(-c3cccc4c(-c5cccc6oc7cc(-c8ccccc8)ccc7c56)cccc34)c3ccccc23)c([2H])c1[2H]. The van der Waals surface area contributed by atoms with Gasteiger partial charge in [-0.15, -0.1) is 0 Å². The Balaban J connectivity index is 1.24. The van der Waals surface area contributed by atoms with Crippen molar-refractivity contribution in [3.05, 3.63) is 182 Å². The van der Waals surface area contributed by atoms with Crippen LogP contribution in [0, 0.1) is 0 Å². The number of hydrogen-bond donors (Lipinski definition) is 0. The van der Waals surface area contributed by atoms with Crippen molar-refractivity contribution in [1.82, 2.24) is 0 Å². The summed E-state index contributed by atoms with van der Waals surface area (Å²) in [7, 11) is 0. The second kappa shape index (κ2) is 11.1. The van der Waals surface area contributed by atoms with E-state index in [0.717, 1.165) is 87.6 Å². The molecular formula is C48H30O. The molecule has 1 aromatic heterocycles. The Bertz CT molecular complexity index is 3080. The van der Waals surface area contributed by atoms with E-state index in [1.165, 1.54) is 0 Å². The van der Waals surface area contributed by atoms with Crippen LogP contribution in [0.25, 0.3) is 98.8 Å². The lowest BCUT2D eigenvalue weighted by Gasteiger charge is -2.19. The molecule has 9 aromatic carbocycles. The van der Waals surface area contributed by atoms with Gasteiger partial charge in [-0.1, -0.05) is 164 Å². The predicted molar refractivity (Wildman–Crippen MR) is 208 cm³/mol. The van der Waals surface area contributed by atoms with Gasteiger partial charge in [-0.2, -0.15) is 0 Å². The first-order valence-corrected chi connectivity index (χ1v) is 16.4. The maximum Gasteiger partial charge on any atom is 0.136 e. The molecule has 1 heterocycles. The molecular weight excluding hydrogens is 593 g/mol. The molecule has 0 saturated heterocycles. The first-order valence-electron chi connectivity index (χ1n) is 18.9. The van der Waals surface area contributed by atoms with E-state index < -0.39 is 6.04 Å². The van der Waals surface area contributed by atoms with Gasteiger partial charge in [-0.25, -0.2) is 0 Å². The van der Waals surface area contributed by atoms with E-state index in [9.17, 15) is 0 Å². The molecule has 0 radical (unpaired) electrons. The fourth-order valence-electron chi connectivity index (χ4n) is 7.69. The summed E-state index contributed by atoms with van der Waals surface area (Å²) < 4.78 is 49.5. The molecule has 1 nitrogen and oxygen atoms in total. The monoisotopic (exact) mass is 627 g/mol. The van der Waals surface area contributed by atoms with Crippen LogP contribution in [0.15, 0.2) is 186 Å². The molecule has 49 heavy (non-hydrogen) atoms. The molecule has 0 N–H and O–H groups in total. The topological polar surface area (TPSA) is 13.1 Å². The minimum absolute atomic E-state index is 0.205. The lowest BCUT2D eigenvalue weighted by Crippen LogP contribution is -1.92. The van der Waals surface area contributed by atoms with E-state index >= 15 is 0 Å². The van der Waals surface area contributed by atoms with Crippen LogP contribution in [0.2, 0.25) is 0 Å². The quantitative estimate of drug-likeness (QED) is 0.177. The van der Waals surface area contributed by atoms with Crippen molar-refractivity contribution in [2.24, 2.45) is 0 Å². The Hall–Kier alpha value is -6.44. The summed E-state index contributed by atoms with van der Waals surface area (Å²) in [6, 6.07) is 50.4. The van der Waals surface area contributed by atoms with Crippen LogP contribution >= 0.6 is 0 Å². The molecule has 0 aliphatic rings. The summed E-state index contributed by atoms with van der Waals surface area (Å²) in [5.41, 5.74) is 9.03. The highest BCUT2D eigenvalue weighted by atomic mass is 16.3. The highest BCUT2D eigenvalue weighted by Crippen LogP contribution is 2.47. The van der Waals surface area contributed by atoms with Gasteiger partial charge < -0.3 is 4.42 Å². The molecule has 0 aliphatic heterocycles. The largest absolute Gasteiger partial charge is 0.456 e. The minimum Gasteiger partial charge on any atom is -0.456 e. The van der Waals surface area contributed by atoms with Crippen molar-refractivity contribution in [2.75, 3.05) is 0 Å². The Morgan fingerprint density at radius 3 is 1.63 bits per heavy atom. The van der Waals surface area contributed by atoms with Gasteiger partial charge in [0.25, 0.3) is 0 Å². The van der Waals surface area contributed by atoms with E-state index in [-0.39, 0.29) is 29.7 Å². The van der Waals surface area contributed by atoms with Gasteiger partial charge in [0.05, 0.1) is 6.85 Å². The number of hydrogen-bond acceptors (Lipinski definition) is 1. The van der Waals surface area contributed by atoms with Crippen LogP contribution in [0.3, 0.4) is 0 Å². The lowest BCUT2D eigenvalue weighted by molar-refractivity contribution is 0.669. The van der Waals surface area contributed by atoms with E-state index in [2.05, 4.69) is 91.0 Å². The predicted octanol–water partition coefficient (Wildman–Crippen LogP) is 13.7. The molecule has 0 atom stereocenters. The average Bonchev–Trinajstić information content (AvgIpc) is 3.60. The van der Waals surface area contributed by atoms with Gasteiger partial charge in [0.15, 0.2) is 0 Å². The molecule has 10 rings (SSSR count). The van der Waals surface area contributed by atoms with Crippen LogP contribution < -0.4 is 0 Å². The van der Waals surface area contributed by atoms with Crippen LogP contribution in [-0.4, -0.2) is 0 Å². The minimum atomic E-state index is -0.401. The van der Waals surface area contributed by atoms with Crippen LogP contribution in [0.5, 0.6) is 0 Å². The lowest BCUT2D eigenvalue weighted by atomic mass is 9.84. The zero-order valence-corrected chi connectivity index (χ0v) is 26.3. The molecule has 228 valence electrons. The Morgan fingerprint density at radius 2 is 0.918 bits per heavy atom. The average molecular weight is 628 g/mol.